The maximum atomic E-state index is 12.5. The lowest BCUT2D eigenvalue weighted by Crippen LogP contribution is -2.41. The molecule has 2 heterocycles. The van der Waals surface area contributed by atoms with Gasteiger partial charge in [-0.2, -0.15) is 0 Å². The van der Waals surface area contributed by atoms with Gasteiger partial charge < -0.3 is 25.3 Å². The number of hydrogen-bond donors (Lipinski definition) is 3. The van der Waals surface area contributed by atoms with Crippen LogP contribution in [0.3, 0.4) is 0 Å². The van der Waals surface area contributed by atoms with Crippen LogP contribution in [0, 0.1) is 0 Å². The molecule has 0 aliphatic carbocycles. The number of hydrogen-bond acceptors (Lipinski definition) is 5. The van der Waals surface area contributed by atoms with Crippen LogP contribution in [0.4, 0.5) is 17.1 Å². The van der Waals surface area contributed by atoms with Gasteiger partial charge in [0.1, 0.15) is 11.8 Å². The summed E-state index contributed by atoms with van der Waals surface area (Å²) in [6.07, 6.45) is 2.51. The summed E-state index contributed by atoms with van der Waals surface area (Å²) in [5.41, 5.74) is 3.28. The molecule has 164 valence electrons. The predicted octanol–water partition coefficient (Wildman–Crippen LogP) is 3.10. The van der Waals surface area contributed by atoms with Crippen molar-refractivity contribution in [2.45, 2.75) is 19.4 Å². The Morgan fingerprint density at radius 1 is 0.969 bits per heavy atom. The molecule has 0 bridgehead atoms. The van der Waals surface area contributed by atoms with E-state index in [9.17, 15) is 14.4 Å². The number of nitrogens with zero attached hydrogens (tertiary/aromatic N) is 1. The summed E-state index contributed by atoms with van der Waals surface area (Å²) in [5, 5.41) is 7.92. The van der Waals surface area contributed by atoms with E-state index in [1.54, 1.807) is 36.6 Å². The van der Waals surface area contributed by atoms with Crippen LogP contribution in [0.5, 0.6) is 0 Å². The monoisotopic (exact) mass is 432 g/mol. The van der Waals surface area contributed by atoms with E-state index < -0.39 is 11.8 Å². The molecule has 1 aromatic heterocycles. The van der Waals surface area contributed by atoms with Crippen molar-refractivity contribution in [3.05, 3.63) is 78.3 Å². The number of amides is 3. The molecule has 3 N–H and O–H groups in total. The Balaban J connectivity index is 1.42. The zero-order valence-corrected chi connectivity index (χ0v) is 17.6. The Kier molecular flexibility index (Phi) is 6.21. The normalized spacial score (nSPS) is 13.2. The summed E-state index contributed by atoms with van der Waals surface area (Å²) in [4.78, 5) is 38.3. The van der Waals surface area contributed by atoms with Crippen LogP contribution in [0.2, 0.25) is 0 Å². The second-order valence-corrected chi connectivity index (χ2v) is 7.53. The van der Waals surface area contributed by atoms with E-state index in [2.05, 4.69) is 33.0 Å². The Labute approximate surface area is 185 Å². The topological polar surface area (TPSA) is 104 Å². The average molecular weight is 432 g/mol. The molecule has 32 heavy (non-hydrogen) atoms. The largest absolute Gasteiger partial charge is 0.467 e. The fourth-order valence-electron chi connectivity index (χ4n) is 3.87. The van der Waals surface area contributed by atoms with E-state index in [1.165, 1.54) is 12.5 Å². The standard InChI is InChI=1S/C24H24N4O4/c1-16(29)26-18-7-4-8-19(14-18)27-24(31)23(30)25-15-21(22-10-5-13-32-22)28-12-11-17-6-2-3-9-20(17)28/h2-10,13-14,21H,11-12,15H2,1H3,(H,25,30)(H,26,29)(H,27,31)/t21-/m1/s1. The Morgan fingerprint density at radius 3 is 2.50 bits per heavy atom. The van der Waals surface area contributed by atoms with Crippen LogP contribution < -0.4 is 20.9 Å². The number of para-hydroxylation sites is 1. The molecule has 8 heteroatoms. The third kappa shape index (κ3) is 4.80. The van der Waals surface area contributed by atoms with E-state index in [-0.39, 0.29) is 18.5 Å². The van der Waals surface area contributed by atoms with Gasteiger partial charge in [-0.25, -0.2) is 0 Å². The highest BCUT2D eigenvalue weighted by Gasteiger charge is 2.29. The Morgan fingerprint density at radius 2 is 1.75 bits per heavy atom. The smallest absolute Gasteiger partial charge is 0.313 e. The van der Waals surface area contributed by atoms with Gasteiger partial charge in [0.25, 0.3) is 0 Å². The minimum absolute atomic E-state index is 0.208. The van der Waals surface area contributed by atoms with Crippen LogP contribution >= 0.6 is 0 Å². The number of carbonyl (C=O) groups excluding carboxylic acids is 3. The molecule has 3 amide bonds. The average Bonchev–Trinajstić information content (AvgIpc) is 3.44. The third-order valence-electron chi connectivity index (χ3n) is 5.27. The van der Waals surface area contributed by atoms with Gasteiger partial charge in [-0.1, -0.05) is 24.3 Å². The van der Waals surface area contributed by atoms with Crippen molar-refractivity contribution in [1.82, 2.24) is 5.32 Å². The third-order valence-corrected chi connectivity index (χ3v) is 5.27. The van der Waals surface area contributed by atoms with Crippen LogP contribution in [0.25, 0.3) is 0 Å². The van der Waals surface area contributed by atoms with Crippen molar-refractivity contribution >= 4 is 34.8 Å². The summed E-state index contributed by atoms with van der Waals surface area (Å²) >= 11 is 0. The maximum absolute atomic E-state index is 12.5. The quantitative estimate of drug-likeness (QED) is 0.520. The van der Waals surface area contributed by atoms with Gasteiger partial charge in [0.05, 0.1) is 6.26 Å². The molecule has 0 unspecified atom stereocenters. The number of fused-ring (bicyclic) bond motifs is 1. The van der Waals surface area contributed by atoms with Crippen LogP contribution in [-0.2, 0) is 20.8 Å². The zero-order valence-electron chi connectivity index (χ0n) is 17.6. The molecule has 0 radical (unpaired) electrons. The van der Waals surface area contributed by atoms with E-state index in [0.29, 0.717) is 17.1 Å². The molecule has 0 saturated carbocycles. The lowest BCUT2D eigenvalue weighted by molar-refractivity contribution is -0.136. The first-order chi connectivity index (χ1) is 15.5. The highest BCUT2D eigenvalue weighted by molar-refractivity contribution is 6.39. The zero-order chi connectivity index (χ0) is 22.5. The van der Waals surface area contributed by atoms with Crippen LogP contribution in [0.1, 0.15) is 24.3 Å². The number of benzene rings is 2. The summed E-state index contributed by atoms with van der Waals surface area (Å²) in [5.74, 6) is -1.05. The predicted molar refractivity (Wildman–Crippen MR) is 121 cm³/mol. The molecule has 0 fully saturated rings. The van der Waals surface area contributed by atoms with E-state index >= 15 is 0 Å². The van der Waals surface area contributed by atoms with Gasteiger partial charge in [0, 0.05) is 37.1 Å². The first-order valence-electron chi connectivity index (χ1n) is 10.4. The minimum Gasteiger partial charge on any atom is -0.467 e. The molecule has 3 aromatic rings. The molecule has 1 atom stereocenters. The van der Waals surface area contributed by atoms with Crippen molar-refractivity contribution in [3.8, 4) is 0 Å². The molecule has 1 aliphatic rings. The van der Waals surface area contributed by atoms with Crippen molar-refractivity contribution in [2.24, 2.45) is 0 Å². The fraction of sp³-hybridized carbons (Fsp3) is 0.208. The molecule has 0 spiro atoms. The molecular formula is C24H24N4O4. The first kappa shape index (κ1) is 21.2. The lowest BCUT2D eigenvalue weighted by Gasteiger charge is -2.29. The molecular weight excluding hydrogens is 408 g/mol. The first-order valence-corrected chi connectivity index (χ1v) is 10.4. The number of rotatable bonds is 6. The minimum atomic E-state index is -0.787. The molecule has 4 rings (SSSR count). The second kappa shape index (κ2) is 9.38. The SMILES string of the molecule is CC(=O)Nc1cccc(NC(=O)C(=O)NC[C@H](c2ccco2)N2CCc3ccccc32)c1. The number of anilines is 3. The Bertz CT molecular complexity index is 1130. The van der Waals surface area contributed by atoms with E-state index in [0.717, 1.165) is 18.7 Å². The van der Waals surface area contributed by atoms with Crippen molar-refractivity contribution in [3.63, 3.8) is 0 Å². The summed E-state index contributed by atoms with van der Waals surface area (Å²) in [6.45, 7) is 2.40. The van der Waals surface area contributed by atoms with Gasteiger partial charge >= 0.3 is 11.8 Å². The van der Waals surface area contributed by atoms with Crippen molar-refractivity contribution in [1.29, 1.82) is 0 Å². The second-order valence-electron chi connectivity index (χ2n) is 7.53. The summed E-state index contributed by atoms with van der Waals surface area (Å²) in [7, 11) is 0. The fourth-order valence-corrected chi connectivity index (χ4v) is 3.87. The number of furan rings is 1. The highest BCUT2D eigenvalue weighted by atomic mass is 16.3. The van der Waals surface area contributed by atoms with E-state index in [1.807, 2.05) is 18.2 Å². The van der Waals surface area contributed by atoms with Gasteiger partial charge in [0.2, 0.25) is 5.91 Å². The van der Waals surface area contributed by atoms with Crippen molar-refractivity contribution < 1.29 is 18.8 Å². The van der Waals surface area contributed by atoms with Crippen molar-refractivity contribution in [2.75, 3.05) is 28.6 Å². The van der Waals surface area contributed by atoms with Gasteiger partial charge in [-0.15, -0.1) is 0 Å². The number of nitrogens with one attached hydrogen (secondary N) is 3. The summed E-state index contributed by atoms with van der Waals surface area (Å²) in [6, 6.07) is 18.2. The van der Waals surface area contributed by atoms with Gasteiger partial charge in [-0.05, 0) is 48.4 Å². The molecule has 8 nitrogen and oxygen atoms in total. The highest BCUT2D eigenvalue weighted by Crippen LogP contribution is 2.34. The van der Waals surface area contributed by atoms with Gasteiger partial charge in [0.15, 0.2) is 0 Å². The maximum Gasteiger partial charge on any atom is 0.313 e. The lowest BCUT2D eigenvalue weighted by atomic mass is 10.1. The molecule has 1 aliphatic heterocycles. The summed E-state index contributed by atoms with van der Waals surface area (Å²) < 4.78 is 5.63. The number of carbonyl (C=O) groups is 3. The van der Waals surface area contributed by atoms with Gasteiger partial charge in [-0.3, -0.25) is 14.4 Å². The van der Waals surface area contributed by atoms with Crippen LogP contribution in [-0.4, -0.2) is 30.8 Å². The van der Waals surface area contributed by atoms with E-state index in [4.69, 9.17) is 4.42 Å². The Hall–Kier alpha value is -4.07. The molecule has 2 aromatic carbocycles. The van der Waals surface area contributed by atoms with Crippen LogP contribution in [0.15, 0.2) is 71.3 Å². The molecule has 0 saturated heterocycles.